The molecule has 0 aromatic carbocycles. The molecule has 0 saturated carbocycles. The van der Waals surface area contributed by atoms with Crippen LogP contribution in [0.1, 0.15) is 322 Å². The number of hydrogen-bond donors (Lipinski definition) is 3. The molecule has 2 unspecified atom stereocenters. The number of hydrogen-bond acceptors (Lipinski definition) is 5. The molecule has 0 spiro atoms. The van der Waals surface area contributed by atoms with Crippen molar-refractivity contribution in [2.45, 2.75) is 334 Å². The predicted molar refractivity (Wildman–Crippen MR) is 296 cm³/mol. The first-order valence-corrected chi connectivity index (χ1v) is 30.3. The largest absolute Gasteiger partial charge is 0.466 e. The van der Waals surface area contributed by atoms with Gasteiger partial charge in [-0.05, 0) is 77.0 Å². The highest BCUT2D eigenvalue weighted by Crippen LogP contribution is 2.17. The smallest absolute Gasteiger partial charge is 0.305 e. The first-order chi connectivity index (χ1) is 33.5. The number of amides is 1. The Labute approximate surface area is 424 Å². The van der Waals surface area contributed by atoms with Crippen LogP contribution < -0.4 is 5.32 Å². The van der Waals surface area contributed by atoms with Gasteiger partial charge in [0, 0.05) is 12.8 Å². The normalized spacial score (nSPS) is 12.8. The molecular formula is C62H117NO5. The molecule has 0 rings (SSSR count). The van der Waals surface area contributed by atoms with E-state index in [-0.39, 0.29) is 18.5 Å². The van der Waals surface area contributed by atoms with Gasteiger partial charge in [-0.15, -0.1) is 0 Å². The summed E-state index contributed by atoms with van der Waals surface area (Å²) in [5, 5.41) is 23.2. The topological polar surface area (TPSA) is 95.9 Å². The number of rotatable bonds is 56. The van der Waals surface area contributed by atoms with Crippen LogP contribution in [0.3, 0.4) is 0 Å². The van der Waals surface area contributed by atoms with Crippen molar-refractivity contribution in [2.24, 2.45) is 0 Å². The van der Waals surface area contributed by atoms with Crippen molar-refractivity contribution in [1.82, 2.24) is 5.32 Å². The van der Waals surface area contributed by atoms with Gasteiger partial charge in [0.1, 0.15) is 0 Å². The van der Waals surface area contributed by atoms with E-state index in [1.54, 1.807) is 6.08 Å². The van der Waals surface area contributed by atoms with Crippen LogP contribution >= 0.6 is 0 Å². The Bertz CT molecular complexity index is 1100. The van der Waals surface area contributed by atoms with E-state index in [9.17, 15) is 19.8 Å². The van der Waals surface area contributed by atoms with Crippen molar-refractivity contribution in [2.75, 3.05) is 13.2 Å². The first-order valence-electron chi connectivity index (χ1n) is 30.3. The molecule has 0 saturated heterocycles. The summed E-state index contributed by atoms with van der Waals surface area (Å²) in [6, 6.07) is -0.639. The van der Waals surface area contributed by atoms with Gasteiger partial charge in [-0.3, -0.25) is 9.59 Å². The van der Waals surface area contributed by atoms with E-state index in [0.29, 0.717) is 19.4 Å². The lowest BCUT2D eigenvalue weighted by Gasteiger charge is -2.20. The fourth-order valence-electron chi connectivity index (χ4n) is 9.20. The summed E-state index contributed by atoms with van der Waals surface area (Å²) < 4.78 is 5.45. The number of esters is 1. The fraction of sp³-hybridized carbons (Fsp3) is 0.871. The lowest BCUT2D eigenvalue weighted by Crippen LogP contribution is -2.45. The minimum atomic E-state index is -0.854. The molecule has 0 aliphatic carbocycles. The van der Waals surface area contributed by atoms with E-state index in [0.717, 1.165) is 64.2 Å². The van der Waals surface area contributed by atoms with Crippen LogP contribution in [0.2, 0.25) is 0 Å². The Morgan fingerprint density at radius 3 is 1.09 bits per heavy atom. The summed E-state index contributed by atoms with van der Waals surface area (Å²) in [6.07, 6.45) is 71.8. The quantitative estimate of drug-likeness (QED) is 0.0321. The maximum Gasteiger partial charge on any atom is 0.305 e. The van der Waals surface area contributed by atoms with Crippen LogP contribution in [0.5, 0.6) is 0 Å². The van der Waals surface area contributed by atoms with Gasteiger partial charge >= 0.3 is 5.97 Å². The number of aliphatic hydroxyl groups excluding tert-OH is 2. The van der Waals surface area contributed by atoms with Crippen molar-refractivity contribution < 1.29 is 24.5 Å². The molecule has 0 aromatic heterocycles. The monoisotopic (exact) mass is 956 g/mol. The van der Waals surface area contributed by atoms with Crippen molar-refractivity contribution in [3.05, 3.63) is 36.5 Å². The maximum absolute atomic E-state index is 12.5. The highest BCUT2D eigenvalue weighted by Gasteiger charge is 2.18. The summed E-state index contributed by atoms with van der Waals surface area (Å²) in [7, 11) is 0. The second-order valence-electron chi connectivity index (χ2n) is 20.7. The van der Waals surface area contributed by atoms with Crippen molar-refractivity contribution >= 4 is 11.9 Å². The van der Waals surface area contributed by atoms with Gasteiger partial charge in [-0.1, -0.05) is 269 Å². The summed E-state index contributed by atoms with van der Waals surface area (Å²) in [6.45, 7) is 4.86. The average molecular weight is 957 g/mol. The number of unbranched alkanes of at least 4 members (excludes halogenated alkanes) is 41. The number of carbonyl (C=O) groups excluding carboxylic acids is 2. The van der Waals surface area contributed by atoms with Gasteiger partial charge in [0.25, 0.3) is 0 Å². The lowest BCUT2D eigenvalue weighted by atomic mass is 10.0. The molecular weight excluding hydrogens is 839 g/mol. The van der Waals surface area contributed by atoms with Crippen LogP contribution in [-0.4, -0.2) is 47.4 Å². The summed E-state index contributed by atoms with van der Waals surface area (Å²) >= 11 is 0. The van der Waals surface area contributed by atoms with Crippen LogP contribution in [-0.2, 0) is 14.3 Å². The van der Waals surface area contributed by atoms with E-state index in [1.165, 1.54) is 231 Å². The summed E-state index contributed by atoms with van der Waals surface area (Å²) in [5.74, 6) is -0.0892. The van der Waals surface area contributed by atoms with Gasteiger partial charge in [0.05, 0.1) is 25.4 Å². The summed E-state index contributed by atoms with van der Waals surface area (Å²) in [5.41, 5.74) is 0. The number of carbonyl (C=O) groups is 2. The lowest BCUT2D eigenvalue weighted by molar-refractivity contribution is -0.143. The van der Waals surface area contributed by atoms with Crippen molar-refractivity contribution in [1.29, 1.82) is 0 Å². The Hall–Kier alpha value is -1.92. The number of aliphatic hydroxyl groups is 2. The predicted octanol–water partition coefficient (Wildman–Crippen LogP) is 18.8. The molecule has 1 amide bonds. The second kappa shape index (κ2) is 57.7. The Morgan fingerprint density at radius 1 is 0.397 bits per heavy atom. The Kier molecular flexibility index (Phi) is 56.0. The van der Waals surface area contributed by atoms with Gasteiger partial charge in [0.2, 0.25) is 5.91 Å². The molecule has 0 aliphatic rings. The van der Waals surface area contributed by atoms with Crippen molar-refractivity contribution in [3.63, 3.8) is 0 Å². The zero-order valence-corrected chi connectivity index (χ0v) is 45.6. The second-order valence-corrected chi connectivity index (χ2v) is 20.7. The molecule has 2 atom stereocenters. The van der Waals surface area contributed by atoms with Gasteiger partial charge in [0.15, 0.2) is 0 Å². The SMILES string of the molecule is CCCC/C=C\CCCCCCCC(=O)OCCCCCCCCCCC/C=C\CCCCCCCC(=O)NC(CO)C(O)/C=C/CCCCCCCCCCCCCCCCCCCCCC. The van der Waals surface area contributed by atoms with Gasteiger partial charge in [-0.2, -0.15) is 0 Å². The van der Waals surface area contributed by atoms with E-state index in [4.69, 9.17) is 4.74 Å². The molecule has 3 N–H and O–H groups in total. The highest BCUT2D eigenvalue weighted by molar-refractivity contribution is 5.76. The van der Waals surface area contributed by atoms with Crippen LogP contribution in [0.25, 0.3) is 0 Å². The van der Waals surface area contributed by atoms with E-state index in [1.807, 2.05) is 6.08 Å². The minimum absolute atomic E-state index is 0.00894. The first kappa shape index (κ1) is 66.1. The Balaban J connectivity index is 3.50. The standard InChI is InChI=1S/C62H117NO5/c1-3-5-7-9-11-13-15-16-17-18-19-20-21-22-25-28-31-35-38-42-46-50-54-60(65)59(58-64)63-61(66)55-51-47-43-39-36-32-29-26-23-24-27-30-33-37-41-45-49-53-57-68-62(67)56-52-48-44-40-34-14-12-10-8-6-4-2/h10,12,26,29,50,54,59-60,64-65H,3-9,11,13-25,27-28,30-49,51-53,55-58H2,1-2H3,(H,63,66)/b12-10-,29-26-,54-50+. The zero-order chi connectivity index (χ0) is 49.3. The fourth-order valence-corrected chi connectivity index (χ4v) is 9.20. The molecule has 400 valence electrons. The maximum atomic E-state index is 12.5. The third kappa shape index (κ3) is 53.4. The van der Waals surface area contributed by atoms with Crippen molar-refractivity contribution in [3.8, 4) is 0 Å². The van der Waals surface area contributed by atoms with Crippen LogP contribution in [0.15, 0.2) is 36.5 Å². The number of nitrogens with one attached hydrogen (secondary N) is 1. The van der Waals surface area contributed by atoms with Gasteiger partial charge in [-0.25, -0.2) is 0 Å². The molecule has 0 radical (unpaired) electrons. The van der Waals surface area contributed by atoms with Crippen LogP contribution in [0, 0.1) is 0 Å². The van der Waals surface area contributed by atoms with E-state index in [2.05, 4.69) is 43.5 Å². The molecule has 0 fully saturated rings. The molecule has 0 aromatic rings. The third-order valence-electron chi connectivity index (χ3n) is 13.9. The molecule has 6 nitrogen and oxygen atoms in total. The number of allylic oxidation sites excluding steroid dienone is 5. The highest BCUT2D eigenvalue weighted by atomic mass is 16.5. The molecule has 0 heterocycles. The molecule has 68 heavy (non-hydrogen) atoms. The molecule has 0 bridgehead atoms. The Morgan fingerprint density at radius 2 is 0.706 bits per heavy atom. The third-order valence-corrected chi connectivity index (χ3v) is 13.9. The van der Waals surface area contributed by atoms with E-state index >= 15 is 0 Å². The zero-order valence-electron chi connectivity index (χ0n) is 45.6. The molecule has 0 aliphatic heterocycles. The van der Waals surface area contributed by atoms with Gasteiger partial charge < -0.3 is 20.3 Å². The summed E-state index contributed by atoms with van der Waals surface area (Å²) in [4.78, 5) is 24.5. The molecule has 6 heteroatoms. The minimum Gasteiger partial charge on any atom is -0.466 e. The number of ether oxygens (including phenoxy) is 1. The van der Waals surface area contributed by atoms with E-state index < -0.39 is 12.1 Å². The average Bonchev–Trinajstić information content (AvgIpc) is 3.34. The van der Waals surface area contributed by atoms with Crippen LogP contribution in [0.4, 0.5) is 0 Å².